The summed E-state index contributed by atoms with van der Waals surface area (Å²) in [6, 6.07) is 5.03. The third kappa shape index (κ3) is 2.40. The van der Waals surface area contributed by atoms with Gasteiger partial charge in [0.25, 0.3) is 0 Å². The van der Waals surface area contributed by atoms with Crippen LogP contribution in [0.2, 0.25) is 0 Å². The second kappa shape index (κ2) is 5.01. The number of rotatable bonds is 3. The fourth-order valence-electron chi connectivity index (χ4n) is 1.44. The molecular weight excluding hydrogens is 252 g/mol. The van der Waals surface area contributed by atoms with Crippen LogP contribution < -0.4 is 11.1 Å². The van der Waals surface area contributed by atoms with Gasteiger partial charge in [0, 0.05) is 11.5 Å². The zero-order chi connectivity index (χ0) is 13.1. The number of esters is 1. The average Bonchev–Trinajstić information content (AvgIpc) is 2.76. The van der Waals surface area contributed by atoms with Crippen LogP contribution in [-0.2, 0) is 4.74 Å². The fraction of sp³-hybridized carbons (Fsp3) is 0.182. The summed E-state index contributed by atoms with van der Waals surface area (Å²) in [6.45, 7) is 1.79. The van der Waals surface area contributed by atoms with Crippen LogP contribution in [0.1, 0.15) is 16.2 Å². The molecule has 0 aliphatic rings. The smallest absolute Gasteiger partial charge is 0.340 e. The highest BCUT2D eigenvalue weighted by Gasteiger charge is 2.15. The van der Waals surface area contributed by atoms with Crippen molar-refractivity contribution in [2.75, 3.05) is 18.2 Å². The Morgan fingerprint density at radius 3 is 2.89 bits per heavy atom. The van der Waals surface area contributed by atoms with Crippen molar-refractivity contribution < 1.29 is 9.53 Å². The summed E-state index contributed by atoms with van der Waals surface area (Å²) in [4.78, 5) is 15.8. The maximum absolute atomic E-state index is 11.6. The van der Waals surface area contributed by atoms with Crippen LogP contribution in [0.15, 0.2) is 18.2 Å². The minimum Gasteiger partial charge on any atom is -0.465 e. The van der Waals surface area contributed by atoms with Crippen molar-refractivity contribution in [1.29, 1.82) is 0 Å². The van der Waals surface area contributed by atoms with E-state index in [1.54, 1.807) is 25.1 Å². The van der Waals surface area contributed by atoms with Crippen LogP contribution in [0.25, 0.3) is 0 Å². The first-order chi connectivity index (χ1) is 8.61. The molecule has 0 amide bonds. The number of anilines is 3. The van der Waals surface area contributed by atoms with Crippen LogP contribution in [0, 0.1) is 6.92 Å². The summed E-state index contributed by atoms with van der Waals surface area (Å²) in [5.74, 6) is 0.211. The van der Waals surface area contributed by atoms with Crippen molar-refractivity contribution in [3.05, 3.63) is 29.6 Å². The highest BCUT2D eigenvalue weighted by atomic mass is 32.1. The van der Waals surface area contributed by atoms with Gasteiger partial charge in [-0.25, -0.2) is 9.78 Å². The normalized spacial score (nSPS) is 10.1. The number of nitrogens with one attached hydrogen (secondary N) is 1. The molecule has 0 unspecified atom stereocenters. The molecule has 1 aromatic heterocycles. The van der Waals surface area contributed by atoms with Crippen molar-refractivity contribution in [3.63, 3.8) is 0 Å². The number of carbonyl (C=O) groups excluding carboxylic acids is 1. The second-order valence-corrected chi connectivity index (χ2v) is 4.28. The molecule has 1 aromatic carbocycles. The first kappa shape index (κ1) is 12.3. The number of ether oxygens (including phenoxy) is 1. The van der Waals surface area contributed by atoms with E-state index in [2.05, 4.69) is 14.7 Å². The molecule has 7 heteroatoms. The molecule has 0 spiro atoms. The van der Waals surface area contributed by atoms with Gasteiger partial charge in [0.05, 0.1) is 24.0 Å². The highest BCUT2D eigenvalue weighted by Crippen LogP contribution is 2.28. The molecule has 6 nitrogen and oxygen atoms in total. The standard InChI is InChI=1S/C11H12N4O2S/c1-6-13-11(18-15-6)14-9-7(10(16)17-2)4-3-5-8(9)12/h3-5H,12H2,1-2H3,(H,13,14,15). The predicted molar refractivity (Wildman–Crippen MR) is 70.1 cm³/mol. The monoisotopic (exact) mass is 264 g/mol. The number of hydrogen-bond donors (Lipinski definition) is 2. The van der Waals surface area contributed by atoms with E-state index in [0.717, 1.165) is 0 Å². The predicted octanol–water partition coefficient (Wildman–Crippen LogP) is 1.96. The van der Waals surface area contributed by atoms with Crippen LogP contribution in [0.3, 0.4) is 0 Å². The largest absolute Gasteiger partial charge is 0.465 e. The fourth-order valence-corrected chi connectivity index (χ4v) is 2.02. The molecule has 0 aliphatic heterocycles. The summed E-state index contributed by atoms with van der Waals surface area (Å²) >= 11 is 1.20. The van der Waals surface area contributed by atoms with E-state index in [0.29, 0.717) is 27.9 Å². The summed E-state index contributed by atoms with van der Waals surface area (Å²) in [5.41, 5.74) is 7.16. The van der Waals surface area contributed by atoms with Gasteiger partial charge in [-0.2, -0.15) is 4.37 Å². The van der Waals surface area contributed by atoms with Crippen LogP contribution in [0.4, 0.5) is 16.5 Å². The Balaban J connectivity index is 2.39. The molecule has 94 valence electrons. The molecule has 0 saturated carbocycles. The lowest BCUT2D eigenvalue weighted by Gasteiger charge is -2.10. The molecule has 0 aliphatic carbocycles. The van der Waals surface area contributed by atoms with Crippen molar-refractivity contribution in [2.45, 2.75) is 6.92 Å². The molecule has 0 saturated heterocycles. The molecule has 0 bridgehead atoms. The quantitative estimate of drug-likeness (QED) is 0.650. The van der Waals surface area contributed by atoms with Crippen molar-refractivity contribution in [2.24, 2.45) is 0 Å². The summed E-state index contributed by atoms with van der Waals surface area (Å²) in [7, 11) is 1.32. The van der Waals surface area contributed by atoms with E-state index in [9.17, 15) is 4.79 Å². The van der Waals surface area contributed by atoms with Gasteiger partial charge in [-0.1, -0.05) is 6.07 Å². The molecule has 0 fully saturated rings. The lowest BCUT2D eigenvalue weighted by atomic mass is 10.1. The Morgan fingerprint density at radius 1 is 1.50 bits per heavy atom. The Bertz CT molecular complexity index is 582. The number of hydrogen-bond acceptors (Lipinski definition) is 7. The molecule has 1 heterocycles. The molecule has 2 rings (SSSR count). The molecular formula is C11H12N4O2S. The zero-order valence-corrected chi connectivity index (χ0v) is 10.7. The van der Waals surface area contributed by atoms with E-state index < -0.39 is 5.97 Å². The van der Waals surface area contributed by atoms with Gasteiger partial charge in [0.15, 0.2) is 0 Å². The Kier molecular flexibility index (Phi) is 3.42. The number of nitrogen functional groups attached to an aromatic ring is 1. The van der Waals surface area contributed by atoms with E-state index in [-0.39, 0.29) is 0 Å². The van der Waals surface area contributed by atoms with Gasteiger partial charge in [-0.3, -0.25) is 0 Å². The number of nitrogens with two attached hydrogens (primary N) is 1. The highest BCUT2D eigenvalue weighted by molar-refractivity contribution is 7.09. The zero-order valence-electron chi connectivity index (χ0n) is 9.93. The second-order valence-electron chi connectivity index (χ2n) is 3.53. The first-order valence-electron chi connectivity index (χ1n) is 5.16. The van der Waals surface area contributed by atoms with Crippen LogP contribution >= 0.6 is 11.5 Å². The molecule has 2 aromatic rings. The van der Waals surface area contributed by atoms with Crippen LogP contribution in [-0.4, -0.2) is 22.4 Å². The maximum atomic E-state index is 11.6. The van der Waals surface area contributed by atoms with Gasteiger partial charge in [0.1, 0.15) is 5.82 Å². The van der Waals surface area contributed by atoms with Gasteiger partial charge >= 0.3 is 5.97 Å². The van der Waals surface area contributed by atoms with Crippen molar-refractivity contribution >= 4 is 34.0 Å². The first-order valence-corrected chi connectivity index (χ1v) is 5.93. The Hall–Kier alpha value is -2.15. The lowest BCUT2D eigenvalue weighted by Crippen LogP contribution is -2.07. The maximum Gasteiger partial charge on any atom is 0.340 e. The van der Waals surface area contributed by atoms with E-state index in [1.807, 2.05) is 0 Å². The van der Waals surface area contributed by atoms with Crippen LogP contribution in [0.5, 0.6) is 0 Å². The third-order valence-electron chi connectivity index (χ3n) is 2.26. The summed E-state index contributed by atoms with van der Waals surface area (Å²) in [5, 5.41) is 3.58. The van der Waals surface area contributed by atoms with Gasteiger partial charge in [-0.05, 0) is 19.1 Å². The van der Waals surface area contributed by atoms with Crippen molar-refractivity contribution in [1.82, 2.24) is 9.36 Å². The van der Waals surface area contributed by atoms with E-state index in [4.69, 9.17) is 10.5 Å². The third-order valence-corrected chi connectivity index (χ3v) is 2.98. The number of aryl methyl sites for hydroxylation is 1. The Morgan fingerprint density at radius 2 is 2.28 bits per heavy atom. The van der Waals surface area contributed by atoms with E-state index in [1.165, 1.54) is 18.6 Å². The minimum atomic E-state index is -0.453. The summed E-state index contributed by atoms with van der Waals surface area (Å²) in [6.07, 6.45) is 0. The number of carbonyl (C=O) groups is 1. The number of aromatic nitrogens is 2. The number of nitrogens with zero attached hydrogens (tertiary/aromatic N) is 2. The number of methoxy groups -OCH3 is 1. The average molecular weight is 264 g/mol. The van der Waals surface area contributed by atoms with Gasteiger partial charge < -0.3 is 15.8 Å². The Labute approximate surface area is 108 Å². The van der Waals surface area contributed by atoms with Gasteiger partial charge in [-0.15, -0.1) is 0 Å². The molecule has 18 heavy (non-hydrogen) atoms. The molecule has 0 atom stereocenters. The number of para-hydroxylation sites is 1. The van der Waals surface area contributed by atoms with E-state index >= 15 is 0 Å². The summed E-state index contributed by atoms with van der Waals surface area (Å²) < 4.78 is 8.76. The van der Waals surface area contributed by atoms with Crippen molar-refractivity contribution in [3.8, 4) is 0 Å². The topological polar surface area (TPSA) is 90.1 Å². The lowest BCUT2D eigenvalue weighted by molar-refractivity contribution is 0.0602. The molecule has 3 N–H and O–H groups in total. The molecule has 0 radical (unpaired) electrons. The SMILES string of the molecule is COC(=O)c1cccc(N)c1Nc1nc(C)ns1. The number of benzene rings is 1. The van der Waals surface area contributed by atoms with Gasteiger partial charge in [0.2, 0.25) is 5.13 Å². The minimum absolute atomic E-state index is 0.366.